The smallest absolute Gasteiger partial charge is 0.416 e. The molecule has 0 atom stereocenters. The first-order valence-corrected chi connectivity index (χ1v) is 7.37. The highest BCUT2D eigenvalue weighted by Crippen LogP contribution is 2.34. The lowest BCUT2D eigenvalue weighted by Crippen LogP contribution is -2.06. The number of esters is 1. The van der Waals surface area contributed by atoms with E-state index in [-0.39, 0.29) is 6.61 Å². The number of alkyl halides is 3. The molecule has 0 radical (unpaired) electrons. The zero-order chi connectivity index (χ0) is 17.3. The van der Waals surface area contributed by atoms with E-state index in [1.807, 2.05) is 6.07 Å². The van der Waals surface area contributed by atoms with Crippen LogP contribution in [0.1, 0.15) is 22.8 Å². The maximum Gasteiger partial charge on any atom is 0.416 e. The zero-order valence-corrected chi connectivity index (χ0v) is 12.8. The van der Waals surface area contributed by atoms with Gasteiger partial charge in [0.1, 0.15) is 0 Å². The van der Waals surface area contributed by atoms with Crippen molar-refractivity contribution in [1.29, 1.82) is 0 Å². The van der Waals surface area contributed by atoms with Crippen LogP contribution >= 0.6 is 0 Å². The second kappa shape index (κ2) is 6.03. The van der Waals surface area contributed by atoms with Crippen molar-refractivity contribution in [2.24, 2.45) is 0 Å². The molecule has 0 spiro atoms. The molecule has 3 rings (SSSR count). The molecule has 1 aromatic heterocycles. The summed E-state index contributed by atoms with van der Waals surface area (Å²) in [6.07, 6.45) is -4.40. The number of fused-ring (bicyclic) bond motifs is 1. The molecular weight excluding hydrogens is 319 g/mol. The van der Waals surface area contributed by atoms with Crippen molar-refractivity contribution < 1.29 is 22.7 Å². The number of rotatable bonds is 3. The van der Waals surface area contributed by atoms with E-state index in [0.29, 0.717) is 22.2 Å². The molecule has 24 heavy (non-hydrogen) atoms. The highest BCUT2D eigenvalue weighted by molar-refractivity contribution is 6.10. The molecule has 0 fully saturated rings. The van der Waals surface area contributed by atoms with Crippen LogP contribution in [-0.2, 0) is 10.9 Å². The van der Waals surface area contributed by atoms with Gasteiger partial charge in [-0.25, -0.2) is 4.79 Å². The number of hydrogen-bond acceptors (Lipinski definition) is 2. The van der Waals surface area contributed by atoms with Crippen molar-refractivity contribution in [3.8, 4) is 11.3 Å². The molecule has 0 saturated carbocycles. The Morgan fingerprint density at radius 3 is 2.38 bits per heavy atom. The molecule has 1 heterocycles. The Hall–Kier alpha value is -2.76. The summed E-state index contributed by atoms with van der Waals surface area (Å²) in [5.41, 5.74) is 1.24. The predicted molar refractivity (Wildman–Crippen MR) is 84.7 cm³/mol. The van der Waals surface area contributed by atoms with Gasteiger partial charge in [0.2, 0.25) is 0 Å². The van der Waals surface area contributed by atoms with Crippen LogP contribution in [0.4, 0.5) is 13.2 Å². The predicted octanol–water partition coefficient (Wildman–Crippen LogP) is 5.03. The Balaban J connectivity index is 2.15. The largest absolute Gasteiger partial charge is 0.462 e. The third kappa shape index (κ3) is 2.87. The fourth-order valence-electron chi connectivity index (χ4n) is 2.60. The lowest BCUT2D eigenvalue weighted by atomic mass is 10.0. The molecule has 0 aliphatic heterocycles. The molecule has 1 N–H and O–H groups in total. The normalized spacial score (nSPS) is 11.7. The molecule has 0 unspecified atom stereocenters. The lowest BCUT2D eigenvalue weighted by molar-refractivity contribution is -0.137. The van der Waals surface area contributed by atoms with Crippen LogP contribution in [0, 0.1) is 0 Å². The van der Waals surface area contributed by atoms with Crippen LogP contribution in [0.2, 0.25) is 0 Å². The van der Waals surface area contributed by atoms with Gasteiger partial charge in [0.25, 0.3) is 0 Å². The van der Waals surface area contributed by atoms with Gasteiger partial charge < -0.3 is 9.72 Å². The van der Waals surface area contributed by atoms with Gasteiger partial charge in [0.15, 0.2) is 0 Å². The van der Waals surface area contributed by atoms with Crippen molar-refractivity contribution in [2.75, 3.05) is 6.61 Å². The van der Waals surface area contributed by atoms with Gasteiger partial charge >= 0.3 is 12.1 Å². The summed E-state index contributed by atoms with van der Waals surface area (Å²) in [4.78, 5) is 15.4. The number of aromatic amines is 1. The third-order valence-corrected chi connectivity index (χ3v) is 3.69. The van der Waals surface area contributed by atoms with E-state index in [9.17, 15) is 18.0 Å². The number of carbonyl (C=O) groups excluding carboxylic acids is 1. The molecule has 0 amide bonds. The van der Waals surface area contributed by atoms with Crippen molar-refractivity contribution in [1.82, 2.24) is 4.98 Å². The van der Waals surface area contributed by atoms with E-state index >= 15 is 0 Å². The summed E-state index contributed by atoms with van der Waals surface area (Å²) in [6, 6.07) is 11.8. The van der Waals surface area contributed by atoms with Crippen molar-refractivity contribution in [3.05, 3.63) is 59.7 Å². The van der Waals surface area contributed by atoms with E-state index in [1.165, 1.54) is 12.1 Å². The number of carbonyl (C=O) groups is 1. The Labute approximate surface area is 136 Å². The summed E-state index contributed by atoms with van der Waals surface area (Å²) >= 11 is 0. The van der Waals surface area contributed by atoms with Gasteiger partial charge in [-0.15, -0.1) is 0 Å². The Kier molecular flexibility index (Phi) is 4.05. The Bertz CT molecular complexity index is 879. The molecule has 0 bridgehead atoms. The summed E-state index contributed by atoms with van der Waals surface area (Å²) in [5, 5.41) is 0.672. The van der Waals surface area contributed by atoms with Gasteiger partial charge in [-0.1, -0.05) is 30.3 Å². The van der Waals surface area contributed by atoms with E-state index in [4.69, 9.17) is 4.74 Å². The van der Waals surface area contributed by atoms with E-state index in [2.05, 4.69) is 4.98 Å². The quantitative estimate of drug-likeness (QED) is 0.683. The minimum absolute atomic E-state index is 0.213. The standard InChI is InChI=1S/C18H14F3NO2/c1-2-24-17(23)15-13-5-3-4-6-14(13)22-16(15)11-7-9-12(10-8-11)18(19,20)21/h3-10,22H,2H2,1H3. The summed E-state index contributed by atoms with van der Waals surface area (Å²) in [6.45, 7) is 1.91. The second-order valence-corrected chi connectivity index (χ2v) is 5.22. The first-order chi connectivity index (χ1) is 11.4. The number of benzene rings is 2. The topological polar surface area (TPSA) is 42.1 Å². The number of ether oxygens (including phenoxy) is 1. The van der Waals surface area contributed by atoms with Crippen LogP contribution in [0.15, 0.2) is 48.5 Å². The fourth-order valence-corrected chi connectivity index (χ4v) is 2.60. The Morgan fingerprint density at radius 1 is 1.08 bits per heavy atom. The second-order valence-electron chi connectivity index (χ2n) is 5.22. The van der Waals surface area contributed by atoms with Crippen LogP contribution in [0.5, 0.6) is 0 Å². The van der Waals surface area contributed by atoms with Gasteiger partial charge in [0, 0.05) is 10.9 Å². The van der Waals surface area contributed by atoms with E-state index in [1.54, 1.807) is 25.1 Å². The SMILES string of the molecule is CCOC(=O)c1c(-c2ccc(C(F)(F)F)cc2)[nH]c2ccccc12. The maximum atomic E-state index is 12.7. The van der Waals surface area contributed by atoms with Crippen LogP contribution in [0.25, 0.3) is 22.2 Å². The molecule has 0 aliphatic carbocycles. The zero-order valence-electron chi connectivity index (χ0n) is 12.8. The molecule has 3 nitrogen and oxygen atoms in total. The highest BCUT2D eigenvalue weighted by atomic mass is 19.4. The van der Waals surface area contributed by atoms with Crippen molar-refractivity contribution in [2.45, 2.75) is 13.1 Å². The summed E-state index contributed by atoms with van der Waals surface area (Å²) in [5.74, 6) is -0.509. The molecule has 3 aromatic rings. The number of aromatic nitrogens is 1. The monoisotopic (exact) mass is 333 g/mol. The molecular formula is C18H14F3NO2. The average Bonchev–Trinajstić information content (AvgIpc) is 2.94. The summed E-state index contributed by atoms with van der Waals surface area (Å²) < 4.78 is 43.2. The summed E-state index contributed by atoms with van der Waals surface area (Å²) in [7, 11) is 0. The number of hydrogen-bond donors (Lipinski definition) is 1. The highest BCUT2D eigenvalue weighted by Gasteiger charge is 2.30. The Morgan fingerprint density at radius 2 is 1.75 bits per heavy atom. The number of H-pyrrole nitrogens is 1. The maximum absolute atomic E-state index is 12.7. The van der Waals surface area contributed by atoms with Crippen LogP contribution in [0.3, 0.4) is 0 Å². The van der Waals surface area contributed by atoms with Crippen LogP contribution in [-0.4, -0.2) is 17.6 Å². The number of nitrogens with one attached hydrogen (secondary N) is 1. The van der Waals surface area contributed by atoms with E-state index < -0.39 is 17.7 Å². The van der Waals surface area contributed by atoms with Gasteiger partial charge in [0.05, 0.1) is 23.4 Å². The van der Waals surface area contributed by atoms with Gasteiger partial charge in [-0.3, -0.25) is 0 Å². The average molecular weight is 333 g/mol. The molecule has 0 saturated heterocycles. The molecule has 0 aliphatic rings. The van der Waals surface area contributed by atoms with Crippen LogP contribution < -0.4 is 0 Å². The fraction of sp³-hybridized carbons (Fsp3) is 0.167. The third-order valence-electron chi connectivity index (χ3n) is 3.69. The first-order valence-electron chi connectivity index (χ1n) is 7.37. The minimum Gasteiger partial charge on any atom is -0.462 e. The van der Waals surface area contributed by atoms with Gasteiger partial charge in [-0.05, 0) is 30.7 Å². The van der Waals surface area contributed by atoms with E-state index in [0.717, 1.165) is 17.6 Å². The van der Waals surface area contributed by atoms with Crippen molar-refractivity contribution in [3.63, 3.8) is 0 Å². The minimum atomic E-state index is -4.40. The molecule has 2 aromatic carbocycles. The molecule has 124 valence electrons. The number of halogens is 3. The van der Waals surface area contributed by atoms with Gasteiger partial charge in [-0.2, -0.15) is 13.2 Å². The van der Waals surface area contributed by atoms with Crippen molar-refractivity contribution >= 4 is 16.9 Å². The molecule has 6 heteroatoms. The first kappa shape index (κ1) is 16.1. The lowest BCUT2D eigenvalue weighted by Gasteiger charge is -2.08. The number of para-hydroxylation sites is 1.